The largest absolute Gasteiger partial charge is 0.465 e. The van der Waals surface area contributed by atoms with Crippen molar-refractivity contribution < 1.29 is 23.7 Å². The molecule has 0 spiro atoms. The molecule has 4 aromatic rings. The molecule has 5 nitrogen and oxygen atoms in total. The van der Waals surface area contributed by atoms with E-state index in [0.29, 0.717) is 32.8 Å². The molecule has 4 atom stereocenters. The summed E-state index contributed by atoms with van der Waals surface area (Å²) in [5.41, 5.74) is 3.30. The first-order valence-electron chi connectivity index (χ1n) is 13.2. The Hall–Kier alpha value is -3.00. The lowest BCUT2D eigenvalue weighted by molar-refractivity contribution is -0.257. The Morgan fingerprint density at radius 3 is 1.77 bits per heavy atom. The number of ether oxygens (including phenoxy) is 5. The van der Waals surface area contributed by atoms with Crippen LogP contribution in [0.25, 0.3) is 0 Å². The average Bonchev–Trinajstić information content (AvgIpc) is 2.98. The molecular weight excluding hydrogens is 556 g/mol. The fraction of sp³-hybridized carbons (Fsp3) is 0.273. The van der Waals surface area contributed by atoms with Crippen LogP contribution in [0, 0.1) is 0 Å². The van der Waals surface area contributed by atoms with Gasteiger partial charge in [0.05, 0.1) is 32.5 Å². The van der Waals surface area contributed by atoms with Crippen LogP contribution in [0.15, 0.2) is 120 Å². The summed E-state index contributed by atoms with van der Waals surface area (Å²) >= 11 is 3.48. The van der Waals surface area contributed by atoms with E-state index in [4.69, 9.17) is 23.7 Å². The number of hydrogen-bond donors (Lipinski definition) is 0. The summed E-state index contributed by atoms with van der Waals surface area (Å²) in [6.07, 6.45) is -0.957. The van der Waals surface area contributed by atoms with Crippen LogP contribution < -0.4 is 4.74 Å². The molecule has 5 rings (SSSR count). The van der Waals surface area contributed by atoms with Gasteiger partial charge in [0.1, 0.15) is 18.0 Å². The molecule has 39 heavy (non-hydrogen) atoms. The van der Waals surface area contributed by atoms with Crippen molar-refractivity contribution in [2.75, 3.05) is 6.61 Å². The average molecular weight is 590 g/mol. The molecule has 0 aliphatic carbocycles. The van der Waals surface area contributed by atoms with E-state index >= 15 is 0 Å². The Balaban J connectivity index is 1.33. The summed E-state index contributed by atoms with van der Waals surface area (Å²) in [4.78, 5) is 0. The molecule has 0 radical (unpaired) electrons. The van der Waals surface area contributed by atoms with Gasteiger partial charge in [-0.2, -0.15) is 0 Å². The highest BCUT2D eigenvalue weighted by Gasteiger charge is 2.41. The van der Waals surface area contributed by atoms with Gasteiger partial charge in [0, 0.05) is 10.9 Å². The summed E-state index contributed by atoms with van der Waals surface area (Å²) in [5.74, 6) is 0.734. The molecule has 1 aliphatic heterocycles. The van der Waals surface area contributed by atoms with Gasteiger partial charge in [-0.05, 0) is 41.0 Å². The van der Waals surface area contributed by atoms with E-state index in [0.717, 1.165) is 26.9 Å². The molecule has 202 valence electrons. The lowest BCUT2D eigenvalue weighted by Crippen LogP contribution is -2.53. The van der Waals surface area contributed by atoms with Gasteiger partial charge in [-0.3, -0.25) is 0 Å². The van der Waals surface area contributed by atoms with Gasteiger partial charge in [0.2, 0.25) is 6.29 Å². The predicted octanol–water partition coefficient (Wildman–Crippen LogP) is 7.33. The summed E-state index contributed by atoms with van der Waals surface area (Å²) in [6.45, 7) is 1.76. The lowest BCUT2D eigenvalue weighted by Gasteiger charge is -2.41. The molecular formula is C33H33BrO5. The van der Waals surface area contributed by atoms with Crippen molar-refractivity contribution in [3.8, 4) is 5.75 Å². The second kappa shape index (κ2) is 14.4. The highest BCUT2D eigenvalue weighted by Crippen LogP contribution is 2.30. The monoisotopic (exact) mass is 588 g/mol. The smallest absolute Gasteiger partial charge is 0.202 e. The molecule has 1 saturated heterocycles. The first-order chi connectivity index (χ1) is 19.2. The summed E-state index contributed by atoms with van der Waals surface area (Å²) in [6, 6.07) is 38.2. The Kier molecular flexibility index (Phi) is 10.2. The molecule has 6 heteroatoms. The van der Waals surface area contributed by atoms with Gasteiger partial charge in [-0.25, -0.2) is 0 Å². The molecule has 0 bridgehead atoms. The SMILES string of the molecule is Brc1ccc(O[C@@H]2C[C@@H](OCc3ccccc3)[C@@H](OCc3ccccc3)C(COCc3ccccc3)O2)cc1. The zero-order valence-corrected chi connectivity index (χ0v) is 23.3. The van der Waals surface area contributed by atoms with E-state index in [1.807, 2.05) is 78.9 Å². The number of hydrogen-bond acceptors (Lipinski definition) is 5. The van der Waals surface area contributed by atoms with Crippen LogP contribution in [0.1, 0.15) is 23.1 Å². The Morgan fingerprint density at radius 1 is 0.641 bits per heavy atom. The fourth-order valence-corrected chi connectivity index (χ4v) is 4.82. The van der Waals surface area contributed by atoms with Crippen LogP contribution >= 0.6 is 15.9 Å². The van der Waals surface area contributed by atoms with Gasteiger partial charge in [0.25, 0.3) is 0 Å². The first-order valence-corrected chi connectivity index (χ1v) is 14.0. The van der Waals surface area contributed by atoms with E-state index in [1.165, 1.54) is 0 Å². The topological polar surface area (TPSA) is 46.2 Å². The molecule has 4 aromatic carbocycles. The lowest BCUT2D eigenvalue weighted by atomic mass is 10.0. The third-order valence-corrected chi connectivity index (χ3v) is 7.08. The van der Waals surface area contributed by atoms with Crippen molar-refractivity contribution in [1.29, 1.82) is 0 Å². The Labute approximate surface area is 238 Å². The first kappa shape index (κ1) is 27.6. The van der Waals surface area contributed by atoms with Crippen LogP contribution in [0.2, 0.25) is 0 Å². The third-order valence-electron chi connectivity index (χ3n) is 6.55. The summed E-state index contributed by atoms with van der Waals surface area (Å²) in [7, 11) is 0. The summed E-state index contributed by atoms with van der Waals surface area (Å²) in [5, 5.41) is 0. The molecule has 1 unspecified atom stereocenters. The van der Waals surface area contributed by atoms with E-state index in [-0.39, 0.29) is 18.3 Å². The molecule has 0 amide bonds. The summed E-state index contributed by atoms with van der Waals surface area (Å²) < 4.78 is 32.9. The van der Waals surface area contributed by atoms with Crippen LogP contribution in [0.5, 0.6) is 5.75 Å². The van der Waals surface area contributed by atoms with Crippen molar-refractivity contribution >= 4 is 15.9 Å². The number of halogens is 1. The zero-order chi connectivity index (χ0) is 26.7. The maximum Gasteiger partial charge on any atom is 0.202 e. The quantitative estimate of drug-likeness (QED) is 0.173. The molecule has 0 aromatic heterocycles. The third kappa shape index (κ3) is 8.49. The van der Waals surface area contributed by atoms with Crippen molar-refractivity contribution in [3.63, 3.8) is 0 Å². The van der Waals surface area contributed by atoms with Crippen LogP contribution in [-0.4, -0.2) is 31.2 Å². The van der Waals surface area contributed by atoms with Crippen molar-refractivity contribution in [2.24, 2.45) is 0 Å². The molecule has 0 saturated carbocycles. The van der Waals surface area contributed by atoms with Crippen molar-refractivity contribution in [1.82, 2.24) is 0 Å². The standard InChI is InChI=1S/C33H33BrO5/c34-28-16-18-29(19-17-28)38-32-20-30(36-22-26-12-6-2-7-13-26)33(37-23-27-14-8-3-9-15-27)31(39-32)24-35-21-25-10-4-1-5-11-25/h1-19,30-33H,20-24H2/t30-,31?,32+,33-/m1/s1. The van der Waals surface area contributed by atoms with Gasteiger partial charge < -0.3 is 23.7 Å². The minimum absolute atomic E-state index is 0.256. The normalized spacial score (nSPS) is 20.9. The van der Waals surface area contributed by atoms with Crippen LogP contribution in [-0.2, 0) is 38.8 Å². The van der Waals surface area contributed by atoms with Crippen LogP contribution in [0.4, 0.5) is 0 Å². The van der Waals surface area contributed by atoms with Gasteiger partial charge in [0.15, 0.2) is 0 Å². The Morgan fingerprint density at radius 2 is 1.18 bits per heavy atom. The van der Waals surface area contributed by atoms with E-state index < -0.39 is 6.29 Å². The zero-order valence-electron chi connectivity index (χ0n) is 21.7. The van der Waals surface area contributed by atoms with E-state index in [1.54, 1.807) is 0 Å². The van der Waals surface area contributed by atoms with Gasteiger partial charge in [-0.1, -0.05) is 107 Å². The van der Waals surface area contributed by atoms with Crippen LogP contribution in [0.3, 0.4) is 0 Å². The van der Waals surface area contributed by atoms with E-state index in [2.05, 4.69) is 52.3 Å². The maximum atomic E-state index is 6.51. The fourth-order valence-electron chi connectivity index (χ4n) is 4.55. The molecule has 1 aliphatic rings. The molecule has 1 fully saturated rings. The van der Waals surface area contributed by atoms with Crippen molar-refractivity contribution in [2.45, 2.75) is 50.8 Å². The minimum atomic E-state index is -0.506. The maximum absolute atomic E-state index is 6.51. The number of benzene rings is 4. The molecule has 0 N–H and O–H groups in total. The molecule has 1 heterocycles. The Bertz CT molecular complexity index is 1240. The van der Waals surface area contributed by atoms with Gasteiger partial charge in [-0.15, -0.1) is 0 Å². The highest BCUT2D eigenvalue weighted by atomic mass is 79.9. The predicted molar refractivity (Wildman–Crippen MR) is 154 cm³/mol. The second-order valence-corrected chi connectivity index (χ2v) is 10.4. The van der Waals surface area contributed by atoms with Crippen molar-refractivity contribution in [3.05, 3.63) is 136 Å². The van der Waals surface area contributed by atoms with E-state index in [9.17, 15) is 0 Å². The number of rotatable bonds is 12. The highest BCUT2D eigenvalue weighted by molar-refractivity contribution is 9.10. The minimum Gasteiger partial charge on any atom is -0.465 e. The second-order valence-electron chi connectivity index (χ2n) is 9.51. The van der Waals surface area contributed by atoms with Gasteiger partial charge >= 0.3 is 0 Å².